The van der Waals surface area contributed by atoms with Crippen LogP contribution in [0.15, 0.2) is 212 Å². The molecule has 0 fully saturated rings. The zero-order valence-corrected chi connectivity index (χ0v) is 43.2. The predicted molar refractivity (Wildman–Crippen MR) is 292 cm³/mol. The Kier molecular flexibility index (Phi) is 13.6. The summed E-state index contributed by atoms with van der Waals surface area (Å²) in [7, 11) is 0. The summed E-state index contributed by atoms with van der Waals surface area (Å²) in [5.41, 5.74) is 20.4. The molecule has 11 rings (SSSR count). The number of hydrogen-bond donors (Lipinski definition) is 0. The van der Waals surface area contributed by atoms with E-state index in [9.17, 15) is 0 Å². The third-order valence-electron chi connectivity index (χ3n) is 13.4. The number of anilines is 8. The van der Waals surface area contributed by atoms with E-state index in [4.69, 9.17) is 11.8 Å². The average Bonchev–Trinajstić information content (AvgIpc) is 3.98. The minimum Gasteiger partial charge on any atom is -0.512 e. The molecule has 0 amide bonds. The molecule has 350 valence electrons. The minimum atomic E-state index is -0.0570. The molecule has 6 heteroatoms. The van der Waals surface area contributed by atoms with Crippen LogP contribution in [0.4, 0.5) is 45.5 Å². The van der Waals surface area contributed by atoms with Crippen molar-refractivity contribution in [2.45, 2.75) is 52.4 Å². The van der Waals surface area contributed by atoms with Gasteiger partial charge in [0.2, 0.25) is 0 Å². The Balaban J connectivity index is 0.00000206. The van der Waals surface area contributed by atoms with Gasteiger partial charge in [-0.25, -0.2) is 0 Å². The first-order chi connectivity index (χ1) is 34.0. The number of nitrogens with zero attached hydrogens (tertiary/aromatic N) is 5. The fourth-order valence-electron chi connectivity index (χ4n) is 9.73. The van der Waals surface area contributed by atoms with Crippen LogP contribution in [0, 0.1) is 31.2 Å². The number of benzene rings is 9. The Morgan fingerprint density at radius 2 is 0.648 bits per heavy atom. The summed E-state index contributed by atoms with van der Waals surface area (Å²) < 4.78 is 0. The normalized spacial score (nSPS) is 13.0. The number of fused-ring (bicyclic) bond motifs is 2. The fourth-order valence-corrected chi connectivity index (χ4v) is 9.73. The summed E-state index contributed by atoms with van der Waals surface area (Å²) in [6.45, 7) is 23.0. The first kappa shape index (κ1) is 48.4. The molecule has 0 unspecified atom stereocenters. The van der Waals surface area contributed by atoms with Crippen LogP contribution in [0.3, 0.4) is 0 Å². The van der Waals surface area contributed by atoms with Crippen LogP contribution >= 0.6 is 0 Å². The zero-order valence-electron chi connectivity index (χ0n) is 40.9. The van der Waals surface area contributed by atoms with Gasteiger partial charge in [-0.1, -0.05) is 211 Å². The molecular weight excluding hydrogens is 1050 g/mol. The first-order valence-electron chi connectivity index (χ1n) is 23.9. The molecule has 0 N–H and O–H groups in total. The molecule has 0 aromatic heterocycles. The maximum Gasteiger partial charge on any atom is 4.00 e. The number of hydrogen-bond acceptors (Lipinski definition) is 5. The van der Waals surface area contributed by atoms with Gasteiger partial charge in [-0.05, 0) is 68.5 Å². The third kappa shape index (κ3) is 9.29. The van der Waals surface area contributed by atoms with Gasteiger partial charge in [0, 0.05) is 56.4 Å². The van der Waals surface area contributed by atoms with Crippen molar-refractivity contribution in [1.29, 1.82) is 5.26 Å². The summed E-state index contributed by atoms with van der Waals surface area (Å²) in [6, 6.07) is 80.9. The van der Waals surface area contributed by atoms with Crippen molar-refractivity contribution >= 4 is 45.5 Å². The Morgan fingerprint density at radius 1 is 0.352 bits per heavy atom. The van der Waals surface area contributed by atoms with Gasteiger partial charge in [0.1, 0.15) is 0 Å². The summed E-state index contributed by atoms with van der Waals surface area (Å²) in [6.07, 6.45) is 0. The molecule has 9 aromatic carbocycles. The van der Waals surface area contributed by atoms with Crippen molar-refractivity contribution in [2.24, 2.45) is 0 Å². The molecular formula is C65H55N5Pt. The maximum atomic E-state index is 6.25. The largest absolute Gasteiger partial charge is 4.00 e. The first-order valence-corrected chi connectivity index (χ1v) is 23.9. The molecule has 2 heterocycles. The molecule has 5 nitrogen and oxygen atoms in total. The average molecular weight is 1100 g/mol. The van der Waals surface area contributed by atoms with Gasteiger partial charge in [0.25, 0.3) is 0 Å². The van der Waals surface area contributed by atoms with Crippen LogP contribution in [-0.4, -0.2) is 0 Å². The second kappa shape index (κ2) is 20.0. The Labute approximate surface area is 435 Å². The van der Waals surface area contributed by atoms with Crippen LogP contribution in [0.5, 0.6) is 0 Å². The van der Waals surface area contributed by atoms with E-state index < -0.39 is 0 Å². The topological polar surface area (TPSA) is 36.8 Å². The molecule has 0 bridgehead atoms. The van der Waals surface area contributed by atoms with Crippen molar-refractivity contribution in [1.82, 2.24) is 0 Å². The van der Waals surface area contributed by atoms with Gasteiger partial charge in [0.15, 0.2) is 0 Å². The van der Waals surface area contributed by atoms with Crippen molar-refractivity contribution < 1.29 is 21.1 Å². The van der Waals surface area contributed by atoms with Gasteiger partial charge in [-0.3, -0.25) is 0 Å². The van der Waals surface area contributed by atoms with Crippen LogP contribution in [0.2, 0.25) is 0 Å². The monoisotopic (exact) mass is 1100 g/mol. The molecule has 0 radical (unpaired) electrons. The summed E-state index contributed by atoms with van der Waals surface area (Å²) in [4.78, 5) is 9.46. The van der Waals surface area contributed by atoms with Crippen LogP contribution < -0.4 is 19.6 Å². The van der Waals surface area contributed by atoms with Crippen LogP contribution in [0.1, 0.15) is 52.7 Å². The van der Waals surface area contributed by atoms with Gasteiger partial charge in [-0.15, -0.1) is 42.9 Å². The molecule has 0 spiro atoms. The third-order valence-corrected chi connectivity index (χ3v) is 13.4. The smallest absolute Gasteiger partial charge is 0.512 e. The van der Waals surface area contributed by atoms with E-state index in [1.807, 2.05) is 0 Å². The van der Waals surface area contributed by atoms with Gasteiger partial charge in [-0.2, -0.15) is 6.07 Å². The Morgan fingerprint density at radius 3 is 0.944 bits per heavy atom. The summed E-state index contributed by atoms with van der Waals surface area (Å²) in [5, 5.41) is 6.25. The Hall–Kier alpha value is -7.64. The van der Waals surface area contributed by atoms with E-state index in [1.165, 1.54) is 55.6 Å². The quantitative estimate of drug-likeness (QED) is 0.142. The van der Waals surface area contributed by atoms with Crippen molar-refractivity contribution in [3.05, 3.63) is 249 Å². The van der Waals surface area contributed by atoms with Gasteiger partial charge in [0.05, 0.1) is 0 Å². The van der Waals surface area contributed by atoms with E-state index in [0.29, 0.717) is 0 Å². The van der Waals surface area contributed by atoms with Gasteiger partial charge < -0.3 is 31.4 Å². The second-order valence-electron chi connectivity index (χ2n) is 19.9. The molecule has 2 aliphatic heterocycles. The molecule has 0 atom stereocenters. The van der Waals surface area contributed by atoms with E-state index >= 15 is 0 Å². The SMILES string of the molecule is CC(C)(C)c1ccc2c(c1)N(c1c(-c3ccccc3)cccc1-c1ccccc1)[CH-]N2c1[c-]c(N2[CH-]N(c3c(-c4ccccc4)cccc3-c3ccccc3)c3cc(C(C)(C)C)ccc32)ccc1.[C-]#N.[Pt+4]. The molecule has 71 heavy (non-hydrogen) atoms. The maximum absolute atomic E-state index is 6.25. The number of rotatable bonds is 8. The fraction of sp³-hybridized carbons (Fsp3) is 0.123. The number of para-hydroxylation sites is 2. The second-order valence-corrected chi connectivity index (χ2v) is 19.9. The zero-order chi connectivity index (χ0) is 48.6. The molecule has 0 saturated heterocycles. The predicted octanol–water partition coefficient (Wildman–Crippen LogP) is 17.7. The van der Waals surface area contributed by atoms with Gasteiger partial charge >= 0.3 is 21.1 Å². The van der Waals surface area contributed by atoms with Crippen molar-refractivity contribution in [2.75, 3.05) is 19.6 Å². The van der Waals surface area contributed by atoms with E-state index in [1.54, 1.807) is 0 Å². The van der Waals surface area contributed by atoms with Crippen LogP contribution in [-0.2, 0) is 31.9 Å². The van der Waals surface area contributed by atoms with E-state index in [-0.39, 0.29) is 31.9 Å². The minimum absolute atomic E-state index is 0. The summed E-state index contributed by atoms with van der Waals surface area (Å²) in [5.74, 6) is 0. The molecule has 0 saturated carbocycles. The standard InChI is InChI=1S/C64H55N4.CN.Pt/c1-63(2,3)49-36-38-57-59(40-49)67(61-53(45-22-11-7-12-23-45)32-20-33-54(61)46-24-13-8-14-25-46)43-65(57)51-30-19-31-52(42-51)66-44-68(60-41-50(64(4,5)6)37-39-58(60)66)62-55(47-26-15-9-16-27-47)34-21-35-56(62)48-28-17-10-18-29-48;1-2;/h7-41,43-44H,1-6H3;;/q-3;-1;+4. The van der Waals surface area contributed by atoms with Crippen molar-refractivity contribution in [3.63, 3.8) is 0 Å². The van der Waals surface area contributed by atoms with E-state index in [0.717, 1.165) is 45.5 Å². The van der Waals surface area contributed by atoms with Crippen molar-refractivity contribution in [3.8, 4) is 44.5 Å². The Bertz CT molecular complexity index is 2990. The van der Waals surface area contributed by atoms with Crippen LogP contribution in [0.25, 0.3) is 44.5 Å². The molecule has 0 aliphatic carbocycles. The molecule has 9 aromatic rings. The van der Waals surface area contributed by atoms with E-state index in [2.05, 4.69) is 293 Å². The molecule has 2 aliphatic rings. The summed E-state index contributed by atoms with van der Waals surface area (Å²) >= 11 is 0.